The lowest BCUT2D eigenvalue weighted by atomic mass is 10.2. The van der Waals surface area contributed by atoms with Gasteiger partial charge in [0.25, 0.3) is 0 Å². The van der Waals surface area contributed by atoms with Gasteiger partial charge in [-0.05, 0) is 0 Å². The molecule has 1 heterocycles. The third-order valence-corrected chi connectivity index (χ3v) is 1.51. The van der Waals surface area contributed by atoms with Gasteiger partial charge < -0.3 is 4.74 Å². The van der Waals surface area contributed by atoms with Gasteiger partial charge in [-0.15, -0.1) is 0 Å². The molecule has 2 nitrogen and oxygen atoms in total. The lowest BCUT2D eigenvalue weighted by Gasteiger charge is -1.86. The van der Waals surface area contributed by atoms with Crippen LogP contribution in [0, 0.1) is 11.3 Å². The Balaban J connectivity index is 2.36. The second-order valence-corrected chi connectivity index (χ2v) is 2.24. The highest BCUT2D eigenvalue weighted by Gasteiger charge is 2.25. The van der Waals surface area contributed by atoms with Crippen molar-refractivity contribution in [2.24, 2.45) is 0 Å². The van der Waals surface area contributed by atoms with Crippen molar-refractivity contribution >= 4 is 5.76 Å². The van der Waals surface area contributed by atoms with Crippen LogP contribution in [0.4, 0.5) is 0 Å². The van der Waals surface area contributed by atoms with Crippen LogP contribution in [0.1, 0.15) is 5.56 Å². The molecular weight excluding hydrogens is 138 g/mol. The number of ether oxygens (including phenoxy) is 1. The molecule has 1 aromatic rings. The van der Waals surface area contributed by atoms with Crippen molar-refractivity contribution in [3.63, 3.8) is 0 Å². The Morgan fingerprint density at radius 3 is 2.45 bits per heavy atom. The number of allylic oxidation sites excluding steroid dienone is 1. The zero-order valence-electron chi connectivity index (χ0n) is 5.74. The van der Waals surface area contributed by atoms with Gasteiger partial charge in [-0.25, -0.2) is 0 Å². The number of hydrogen-bond donors (Lipinski definition) is 0. The van der Waals surface area contributed by atoms with E-state index in [1.54, 1.807) is 0 Å². The highest BCUT2D eigenvalue weighted by Crippen LogP contribution is 2.34. The van der Waals surface area contributed by atoms with Gasteiger partial charge in [0.05, 0.1) is 0 Å². The molecule has 1 aliphatic rings. The van der Waals surface area contributed by atoms with E-state index in [-0.39, 0.29) is 0 Å². The smallest absolute Gasteiger partial charge is 0.247 e. The third-order valence-electron chi connectivity index (χ3n) is 1.51. The lowest BCUT2D eigenvalue weighted by Crippen LogP contribution is -1.69. The fourth-order valence-corrected chi connectivity index (χ4v) is 0.930. The summed E-state index contributed by atoms with van der Waals surface area (Å²) in [7, 11) is 0. The maximum absolute atomic E-state index is 8.40. The van der Waals surface area contributed by atoms with Gasteiger partial charge in [-0.1, -0.05) is 30.3 Å². The molecule has 0 aromatic heterocycles. The van der Waals surface area contributed by atoms with Crippen molar-refractivity contribution in [1.29, 1.82) is 5.26 Å². The van der Waals surface area contributed by atoms with Crippen LogP contribution in [0.15, 0.2) is 36.1 Å². The summed E-state index contributed by atoms with van der Waals surface area (Å²) in [5, 5.41) is 8.40. The molecule has 1 aromatic carbocycles. The number of nitriles is 1. The molecule has 1 aliphatic heterocycles. The minimum absolute atomic E-state index is 0.441. The molecule has 0 atom stereocenters. The van der Waals surface area contributed by atoms with E-state index in [1.165, 1.54) is 0 Å². The molecule has 0 aliphatic carbocycles. The van der Waals surface area contributed by atoms with E-state index < -0.39 is 0 Å². The van der Waals surface area contributed by atoms with Gasteiger partial charge >= 0.3 is 0 Å². The quantitative estimate of drug-likeness (QED) is 0.602. The third kappa shape index (κ3) is 0.968. The predicted molar refractivity (Wildman–Crippen MR) is 40.1 cm³/mol. The van der Waals surface area contributed by atoms with E-state index in [0.29, 0.717) is 11.5 Å². The first kappa shape index (κ1) is 5.99. The van der Waals surface area contributed by atoms with Crippen LogP contribution in [-0.2, 0) is 4.74 Å². The number of benzene rings is 1. The molecule has 0 saturated carbocycles. The van der Waals surface area contributed by atoms with E-state index in [2.05, 4.69) is 0 Å². The van der Waals surface area contributed by atoms with Crippen LogP contribution in [0.5, 0.6) is 0 Å². The van der Waals surface area contributed by atoms with Gasteiger partial charge in [0.1, 0.15) is 6.07 Å². The minimum atomic E-state index is 0.441. The van der Waals surface area contributed by atoms with Crippen molar-refractivity contribution in [2.45, 2.75) is 0 Å². The highest BCUT2D eigenvalue weighted by molar-refractivity contribution is 5.74. The summed E-state index contributed by atoms with van der Waals surface area (Å²) in [4.78, 5) is 0. The Morgan fingerprint density at radius 1 is 1.18 bits per heavy atom. The van der Waals surface area contributed by atoms with Crippen LogP contribution in [0.25, 0.3) is 5.76 Å². The molecule has 2 rings (SSSR count). The van der Waals surface area contributed by atoms with E-state index in [4.69, 9.17) is 10.00 Å². The van der Waals surface area contributed by atoms with E-state index in [9.17, 15) is 0 Å². The number of rotatable bonds is 1. The summed E-state index contributed by atoms with van der Waals surface area (Å²) < 4.78 is 4.92. The average molecular weight is 143 g/mol. The maximum atomic E-state index is 8.40. The fraction of sp³-hybridized carbons (Fsp3) is 0. The summed E-state index contributed by atoms with van der Waals surface area (Å²) >= 11 is 0. The first-order valence-electron chi connectivity index (χ1n) is 3.29. The van der Waals surface area contributed by atoms with Gasteiger partial charge in [-0.2, -0.15) is 5.26 Å². The minimum Gasteiger partial charge on any atom is -0.437 e. The standard InChI is InChI=1S/C9H5NO/c10-6-8-9(11-8)7-4-2-1-3-5-7/h1-5H. The first-order chi connectivity index (χ1) is 5.42. The molecule has 0 fully saturated rings. The van der Waals surface area contributed by atoms with Crippen LogP contribution >= 0.6 is 0 Å². The highest BCUT2D eigenvalue weighted by atomic mass is 16.6. The zero-order chi connectivity index (χ0) is 7.68. The second-order valence-electron chi connectivity index (χ2n) is 2.24. The normalized spacial score (nSPS) is 13.7. The summed E-state index contributed by atoms with van der Waals surface area (Å²) in [6.07, 6.45) is 0. The maximum Gasteiger partial charge on any atom is 0.247 e. The van der Waals surface area contributed by atoms with Crippen LogP contribution in [-0.4, -0.2) is 0 Å². The van der Waals surface area contributed by atoms with Gasteiger partial charge in [0.2, 0.25) is 5.76 Å². The SMILES string of the molecule is N#CC1=C(c2ccccc2)O1. The largest absolute Gasteiger partial charge is 0.437 e. The Bertz CT molecular complexity index is 346. The van der Waals surface area contributed by atoms with Gasteiger partial charge in [0, 0.05) is 5.56 Å². The second kappa shape index (κ2) is 2.14. The Kier molecular flexibility index (Phi) is 1.16. The predicted octanol–water partition coefficient (Wildman–Crippen LogP) is 1.91. The van der Waals surface area contributed by atoms with Gasteiger partial charge in [0.15, 0.2) is 5.76 Å². The molecule has 0 bridgehead atoms. The molecule has 0 amide bonds. The summed E-state index contributed by atoms with van der Waals surface area (Å²) in [5.41, 5.74) is 0.976. The average Bonchev–Trinajstić information content (AvgIpc) is 2.85. The topological polar surface area (TPSA) is 36.3 Å². The Hall–Kier alpha value is -1.75. The van der Waals surface area contributed by atoms with Crippen molar-refractivity contribution < 1.29 is 4.74 Å². The zero-order valence-corrected chi connectivity index (χ0v) is 5.74. The summed E-state index contributed by atoms with van der Waals surface area (Å²) in [6, 6.07) is 11.5. The molecule has 0 saturated heterocycles. The summed E-state index contributed by atoms with van der Waals surface area (Å²) in [5.74, 6) is 1.16. The molecule has 0 N–H and O–H groups in total. The van der Waals surface area contributed by atoms with Crippen molar-refractivity contribution in [1.82, 2.24) is 0 Å². The van der Waals surface area contributed by atoms with Crippen LogP contribution in [0.2, 0.25) is 0 Å². The molecule has 0 unspecified atom stereocenters. The molecule has 2 heteroatoms. The molecule has 0 radical (unpaired) electrons. The van der Waals surface area contributed by atoms with Crippen molar-refractivity contribution in [2.75, 3.05) is 0 Å². The molecule has 52 valence electrons. The molecule has 0 spiro atoms. The van der Waals surface area contributed by atoms with Crippen molar-refractivity contribution in [3.05, 3.63) is 41.7 Å². The Labute approximate surface area is 64.3 Å². The fourth-order valence-electron chi connectivity index (χ4n) is 0.930. The Morgan fingerprint density at radius 2 is 1.91 bits per heavy atom. The first-order valence-corrected chi connectivity index (χ1v) is 3.29. The molecule has 11 heavy (non-hydrogen) atoms. The van der Waals surface area contributed by atoms with E-state index in [1.807, 2.05) is 36.4 Å². The number of nitrogens with zero attached hydrogens (tertiary/aromatic N) is 1. The van der Waals surface area contributed by atoms with E-state index >= 15 is 0 Å². The number of hydrogen-bond acceptors (Lipinski definition) is 2. The summed E-state index contributed by atoms with van der Waals surface area (Å²) in [6.45, 7) is 0. The van der Waals surface area contributed by atoms with Gasteiger partial charge in [-0.3, -0.25) is 0 Å². The van der Waals surface area contributed by atoms with E-state index in [0.717, 1.165) is 5.56 Å². The van der Waals surface area contributed by atoms with Crippen LogP contribution in [0.3, 0.4) is 0 Å². The van der Waals surface area contributed by atoms with Crippen LogP contribution < -0.4 is 0 Å². The molecular formula is C9H5NO. The monoisotopic (exact) mass is 143 g/mol. The lowest BCUT2D eigenvalue weighted by molar-refractivity contribution is 0.538. The van der Waals surface area contributed by atoms with Crippen molar-refractivity contribution in [3.8, 4) is 6.07 Å².